The molecule has 2 bridgehead atoms. The van der Waals surface area contributed by atoms with Crippen LogP contribution in [0.1, 0.15) is 6.42 Å². The van der Waals surface area contributed by atoms with Gasteiger partial charge in [-0.25, -0.2) is 9.69 Å². The first-order chi connectivity index (χ1) is 15.8. The van der Waals surface area contributed by atoms with Gasteiger partial charge in [0.1, 0.15) is 6.04 Å². The number of amides is 4. The zero-order chi connectivity index (χ0) is 24.8. The SMILES string of the molecule is O=C1[C@@H]2C3C[C@H](CN3C(=O)C(F)(F)C(F)(F)C(F)(F)F)N2C(=O)N1c1cccc2ccccc12. The van der Waals surface area contributed by atoms with Crippen LogP contribution in [-0.4, -0.2) is 70.3 Å². The fraction of sp³-hybridized carbons (Fsp3) is 0.381. The van der Waals surface area contributed by atoms with Crippen molar-refractivity contribution < 1.29 is 45.1 Å². The summed E-state index contributed by atoms with van der Waals surface area (Å²) in [6.45, 7) is -0.689. The Hall–Kier alpha value is -3.38. The Kier molecular flexibility index (Phi) is 4.50. The lowest BCUT2D eigenvalue weighted by molar-refractivity contribution is -0.346. The van der Waals surface area contributed by atoms with Crippen molar-refractivity contribution in [2.75, 3.05) is 11.4 Å². The van der Waals surface area contributed by atoms with E-state index in [0.29, 0.717) is 10.8 Å². The molecule has 3 fully saturated rings. The van der Waals surface area contributed by atoms with Crippen LogP contribution in [0.15, 0.2) is 42.5 Å². The first-order valence-electron chi connectivity index (χ1n) is 10.1. The molecule has 0 N–H and O–H groups in total. The number of nitrogens with zero attached hydrogens (tertiary/aromatic N) is 3. The molecule has 0 aromatic heterocycles. The minimum Gasteiger partial charge on any atom is -0.330 e. The number of rotatable bonds is 3. The van der Waals surface area contributed by atoms with Gasteiger partial charge in [-0.2, -0.15) is 30.7 Å². The van der Waals surface area contributed by atoms with E-state index in [4.69, 9.17) is 0 Å². The Bertz CT molecular complexity index is 1230. The summed E-state index contributed by atoms with van der Waals surface area (Å²) in [5.74, 6) is -16.3. The molecule has 4 amide bonds. The van der Waals surface area contributed by atoms with Crippen molar-refractivity contribution in [3.05, 3.63) is 42.5 Å². The highest BCUT2D eigenvalue weighted by Crippen LogP contribution is 2.50. The lowest BCUT2D eigenvalue weighted by atomic mass is 10.0. The number of anilines is 1. The van der Waals surface area contributed by atoms with Crippen molar-refractivity contribution >= 4 is 34.3 Å². The van der Waals surface area contributed by atoms with Crippen molar-refractivity contribution in [3.63, 3.8) is 0 Å². The fourth-order valence-corrected chi connectivity index (χ4v) is 5.01. The Morgan fingerprint density at radius 2 is 1.56 bits per heavy atom. The Morgan fingerprint density at radius 3 is 2.24 bits per heavy atom. The Labute approximate surface area is 186 Å². The summed E-state index contributed by atoms with van der Waals surface area (Å²) in [4.78, 5) is 40.6. The number of likely N-dealkylation sites (tertiary alicyclic amines) is 1. The maximum Gasteiger partial charge on any atom is 0.460 e. The molecule has 3 saturated heterocycles. The molecule has 3 aliphatic heterocycles. The quantitative estimate of drug-likeness (QED) is 0.487. The monoisotopic (exact) mass is 489 g/mol. The number of hydrogen-bond acceptors (Lipinski definition) is 3. The summed E-state index contributed by atoms with van der Waals surface area (Å²) in [7, 11) is 0. The number of carbonyl (C=O) groups is 3. The fourth-order valence-electron chi connectivity index (χ4n) is 5.01. The van der Waals surface area contributed by atoms with E-state index in [1.54, 1.807) is 36.4 Å². The predicted molar refractivity (Wildman–Crippen MR) is 102 cm³/mol. The molecule has 34 heavy (non-hydrogen) atoms. The van der Waals surface area contributed by atoms with Crippen LogP contribution in [0.4, 0.5) is 41.2 Å². The molecule has 3 aliphatic rings. The number of alkyl halides is 7. The lowest BCUT2D eigenvalue weighted by Crippen LogP contribution is -2.64. The van der Waals surface area contributed by atoms with Gasteiger partial charge >= 0.3 is 24.1 Å². The molecular weight excluding hydrogens is 475 g/mol. The highest BCUT2D eigenvalue weighted by molar-refractivity contribution is 6.25. The zero-order valence-corrected chi connectivity index (χ0v) is 16.9. The number of urea groups is 1. The van der Waals surface area contributed by atoms with Crippen LogP contribution in [-0.2, 0) is 9.59 Å². The Morgan fingerprint density at radius 1 is 0.912 bits per heavy atom. The second-order valence-corrected chi connectivity index (χ2v) is 8.37. The van der Waals surface area contributed by atoms with Crippen LogP contribution in [0.2, 0.25) is 0 Å². The van der Waals surface area contributed by atoms with Crippen LogP contribution >= 0.6 is 0 Å². The summed E-state index contributed by atoms with van der Waals surface area (Å²) in [6.07, 6.45) is -6.85. The number of hydrogen-bond donors (Lipinski definition) is 0. The number of imide groups is 1. The average Bonchev–Trinajstić information content (AvgIpc) is 3.43. The largest absolute Gasteiger partial charge is 0.460 e. The number of piperazine rings is 1. The van der Waals surface area contributed by atoms with E-state index < -0.39 is 60.5 Å². The van der Waals surface area contributed by atoms with Crippen LogP contribution in [0.5, 0.6) is 0 Å². The van der Waals surface area contributed by atoms with Gasteiger partial charge in [0, 0.05) is 11.9 Å². The van der Waals surface area contributed by atoms with Crippen molar-refractivity contribution in [1.82, 2.24) is 9.80 Å². The molecular formula is C21H14F7N3O3. The van der Waals surface area contributed by atoms with E-state index in [1.807, 2.05) is 0 Å². The topological polar surface area (TPSA) is 60.9 Å². The molecule has 180 valence electrons. The molecule has 3 heterocycles. The van der Waals surface area contributed by atoms with Crippen LogP contribution in [0.3, 0.4) is 0 Å². The van der Waals surface area contributed by atoms with Crippen LogP contribution in [0.25, 0.3) is 10.8 Å². The number of benzene rings is 2. The second-order valence-electron chi connectivity index (χ2n) is 8.37. The minimum atomic E-state index is -6.67. The van der Waals surface area contributed by atoms with Gasteiger partial charge in [0.15, 0.2) is 0 Å². The summed E-state index contributed by atoms with van der Waals surface area (Å²) in [5.41, 5.74) is 0.203. The summed E-state index contributed by atoms with van der Waals surface area (Å²) >= 11 is 0. The highest BCUT2D eigenvalue weighted by Gasteiger charge is 2.78. The first kappa shape index (κ1) is 22.4. The van der Waals surface area contributed by atoms with E-state index >= 15 is 0 Å². The number of halogens is 7. The van der Waals surface area contributed by atoms with Crippen molar-refractivity contribution in [1.29, 1.82) is 0 Å². The first-order valence-corrected chi connectivity index (χ1v) is 10.1. The molecule has 2 aromatic carbocycles. The molecule has 13 heteroatoms. The molecule has 0 spiro atoms. The highest BCUT2D eigenvalue weighted by atomic mass is 19.4. The van der Waals surface area contributed by atoms with Gasteiger partial charge in [-0.3, -0.25) is 9.59 Å². The van der Waals surface area contributed by atoms with E-state index in [9.17, 15) is 45.1 Å². The van der Waals surface area contributed by atoms with Crippen molar-refractivity contribution in [2.45, 2.75) is 42.6 Å². The lowest BCUT2D eigenvalue weighted by Gasteiger charge is -2.38. The second kappa shape index (κ2) is 6.83. The standard InChI is InChI=1S/C21H14F7N3O3/c22-19(23,20(24,25)21(26,27)28)17(33)29-9-11-8-14(29)15-16(32)31(18(34)30(11)15)13-7-3-5-10-4-1-2-6-12(10)13/h1-7,11,14-15H,8-9H2/t11-,14?,15+/m1/s1. The van der Waals surface area contributed by atoms with Gasteiger partial charge in [0.2, 0.25) is 0 Å². The van der Waals surface area contributed by atoms with Crippen molar-refractivity contribution in [3.8, 4) is 0 Å². The van der Waals surface area contributed by atoms with E-state index in [1.165, 1.54) is 6.07 Å². The number of fused-ring (bicyclic) bond motifs is 6. The maximum absolute atomic E-state index is 14.1. The van der Waals surface area contributed by atoms with E-state index in [2.05, 4.69) is 0 Å². The molecule has 0 saturated carbocycles. The van der Waals surface area contributed by atoms with Crippen LogP contribution in [0, 0.1) is 0 Å². The molecule has 5 rings (SSSR count). The summed E-state index contributed by atoms with van der Waals surface area (Å²) < 4.78 is 92.6. The molecule has 1 unspecified atom stereocenters. The third kappa shape index (κ3) is 2.72. The smallest absolute Gasteiger partial charge is 0.330 e. The van der Waals surface area contributed by atoms with Gasteiger partial charge in [-0.1, -0.05) is 36.4 Å². The molecule has 2 aromatic rings. The average molecular weight is 489 g/mol. The van der Waals surface area contributed by atoms with Crippen molar-refractivity contribution in [2.24, 2.45) is 0 Å². The van der Waals surface area contributed by atoms with Gasteiger partial charge in [-0.05, 0) is 17.9 Å². The number of carbonyl (C=O) groups excluding carboxylic acids is 3. The summed E-state index contributed by atoms with van der Waals surface area (Å²) in [5, 5.41) is 1.23. The van der Waals surface area contributed by atoms with Gasteiger partial charge in [0.05, 0.1) is 17.8 Å². The van der Waals surface area contributed by atoms with Gasteiger partial charge in [0.25, 0.3) is 11.8 Å². The summed E-state index contributed by atoms with van der Waals surface area (Å²) in [6, 6.07) is 6.92. The zero-order valence-electron chi connectivity index (χ0n) is 16.9. The molecule has 6 nitrogen and oxygen atoms in total. The third-order valence-corrected chi connectivity index (χ3v) is 6.55. The molecule has 3 atom stereocenters. The molecule has 0 aliphatic carbocycles. The Balaban J connectivity index is 1.48. The van der Waals surface area contributed by atoms with Crippen LogP contribution < -0.4 is 4.90 Å². The third-order valence-electron chi connectivity index (χ3n) is 6.55. The van der Waals surface area contributed by atoms with E-state index in [0.717, 1.165) is 9.80 Å². The van der Waals surface area contributed by atoms with E-state index in [-0.39, 0.29) is 17.0 Å². The normalized spacial score (nSPS) is 25.0. The van der Waals surface area contributed by atoms with Gasteiger partial charge in [-0.15, -0.1) is 0 Å². The maximum atomic E-state index is 14.1. The van der Waals surface area contributed by atoms with Gasteiger partial charge < -0.3 is 9.80 Å². The molecule has 0 radical (unpaired) electrons. The predicted octanol–water partition coefficient (Wildman–Crippen LogP) is 3.79. The minimum absolute atomic E-state index is 0.170.